The Morgan fingerprint density at radius 3 is 2.00 bits per heavy atom. The summed E-state index contributed by atoms with van der Waals surface area (Å²) in [6.45, 7) is 3.24. The first-order chi connectivity index (χ1) is 18.5. The van der Waals surface area contributed by atoms with Crippen LogP contribution >= 0.6 is 23.2 Å². The maximum Gasteiger partial charge on any atom is 0.244 e. The molecule has 0 aliphatic rings. The van der Waals surface area contributed by atoms with Crippen molar-refractivity contribution in [2.75, 3.05) is 17.1 Å². The molecule has 0 radical (unpaired) electrons. The Hall–Kier alpha value is -3.07. The van der Waals surface area contributed by atoms with Gasteiger partial charge >= 0.3 is 0 Å². The predicted octanol–water partition coefficient (Wildman–Crippen LogP) is 5.31. The molecule has 0 spiro atoms. The molecule has 0 heterocycles. The lowest BCUT2D eigenvalue weighted by atomic mass is 10.0. The van der Waals surface area contributed by atoms with Crippen molar-refractivity contribution < 1.29 is 18.0 Å². The van der Waals surface area contributed by atoms with Crippen LogP contribution in [-0.2, 0) is 32.6 Å². The monoisotopic (exact) mass is 589 g/mol. The molecular weight excluding hydrogens is 557 g/mol. The lowest BCUT2D eigenvalue weighted by Gasteiger charge is -2.34. The van der Waals surface area contributed by atoms with Crippen LogP contribution < -0.4 is 9.62 Å². The number of hydrogen-bond donors (Lipinski definition) is 1. The smallest absolute Gasteiger partial charge is 0.244 e. The summed E-state index contributed by atoms with van der Waals surface area (Å²) < 4.78 is 26.6. The van der Waals surface area contributed by atoms with Gasteiger partial charge in [-0.1, -0.05) is 84.7 Å². The molecule has 39 heavy (non-hydrogen) atoms. The number of anilines is 1. The topological polar surface area (TPSA) is 86.8 Å². The Bertz CT molecular complexity index is 1350. The summed E-state index contributed by atoms with van der Waals surface area (Å²) in [6, 6.07) is 21.6. The summed E-state index contributed by atoms with van der Waals surface area (Å²) in [5, 5.41) is 3.66. The number of para-hydroxylation sites is 1. The number of carbonyl (C=O) groups is 2. The van der Waals surface area contributed by atoms with Gasteiger partial charge in [0.2, 0.25) is 21.8 Å². The number of hydrogen-bond acceptors (Lipinski definition) is 4. The van der Waals surface area contributed by atoms with Gasteiger partial charge in [0, 0.05) is 34.6 Å². The van der Waals surface area contributed by atoms with Crippen LogP contribution in [0.25, 0.3) is 0 Å². The van der Waals surface area contributed by atoms with Gasteiger partial charge in [-0.25, -0.2) is 8.42 Å². The van der Waals surface area contributed by atoms with E-state index in [1.165, 1.54) is 4.90 Å². The third-order valence-corrected chi connectivity index (χ3v) is 8.23. The van der Waals surface area contributed by atoms with E-state index < -0.39 is 28.5 Å². The number of carbonyl (C=O) groups excluding carboxylic acids is 2. The van der Waals surface area contributed by atoms with E-state index in [1.54, 1.807) is 48.5 Å². The van der Waals surface area contributed by atoms with E-state index in [1.807, 2.05) is 44.2 Å². The van der Waals surface area contributed by atoms with Gasteiger partial charge in [-0.2, -0.15) is 0 Å². The van der Waals surface area contributed by atoms with Crippen LogP contribution in [0.4, 0.5) is 5.69 Å². The Kier molecular flexibility index (Phi) is 10.8. The number of nitrogens with zero attached hydrogens (tertiary/aromatic N) is 2. The molecule has 0 aliphatic carbocycles. The third-order valence-electron chi connectivity index (χ3n) is 6.39. The average Bonchev–Trinajstić information content (AvgIpc) is 2.90. The standard InChI is InChI=1S/C29H33Cl2N3O4S/c1-4-21(2)32-29(36)27(18-22-12-7-5-8-13-22)33(19-24-25(30)16-11-17-26(24)31)28(35)20-34(39(3,37)38)23-14-9-6-10-15-23/h5-17,21,27H,4,18-20H2,1-3H3,(H,32,36)/t21-,27+/m1/s1. The quantitative estimate of drug-likeness (QED) is 0.310. The van der Waals surface area contributed by atoms with Crippen molar-refractivity contribution in [1.29, 1.82) is 0 Å². The van der Waals surface area contributed by atoms with E-state index in [0.29, 0.717) is 27.7 Å². The van der Waals surface area contributed by atoms with E-state index >= 15 is 0 Å². The van der Waals surface area contributed by atoms with Crippen molar-refractivity contribution in [3.8, 4) is 0 Å². The van der Waals surface area contributed by atoms with Crippen LogP contribution in [0, 0.1) is 0 Å². The lowest BCUT2D eigenvalue weighted by molar-refractivity contribution is -0.140. The fraction of sp³-hybridized carbons (Fsp3) is 0.310. The highest BCUT2D eigenvalue weighted by Gasteiger charge is 2.34. The Labute approximate surface area is 240 Å². The Balaban J connectivity index is 2.09. The molecule has 0 aromatic heterocycles. The normalized spacial score (nSPS) is 12.8. The minimum atomic E-state index is -3.83. The van der Waals surface area contributed by atoms with Crippen LogP contribution in [0.15, 0.2) is 78.9 Å². The molecule has 0 aliphatic heterocycles. The summed E-state index contributed by atoms with van der Waals surface area (Å²) >= 11 is 12.9. The second kappa shape index (κ2) is 13.8. The fourth-order valence-electron chi connectivity index (χ4n) is 4.06. The molecule has 2 atom stereocenters. The van der Waals surface area contributed by atoms with Gasteiger partial charge in [-0.15, -0.1) is 0 Å². The number of amides is 2. The first-order valence-corrected chi connectivity index (χ1v) is 15.2. The van der Waals surface area contributed by atoms with Gasteiger partial charge < -0.3 is 10.2 Å². The minimum absolute atomic E-state index is 0.0881. The molecule has 3 aromatic rings. The maximum atomic E-state index is 14.0. The van der Waals surface area contributed by atoms with Crippen molar-refractivity contribution >= 4 is 50.7 Å². The molecule has 2 amide bonds. The maximum absolute atomic E-state index is 14.0. The van der Waals surface area contributed by atoms with E-state index in [2.05, 4.69) is 5.32 Å². The zero-order chi connectivity index (χ0) is 28.6. The first kappa shape index (κ1) is 30.5. The molecule has 0 fully saturated rings. The number of sulfonamides is 1. The lowest BCUT2D eigenvalue weighted by Crippen LogP contribution is -2.54. The highest BCUT2D eigenvalue weighted by atomic mass is 35.5. The van der Waals surface area contributed by atoms with Crippen LogP contribution in [0.1, 0.15) is 31.4 Å². The van der Waals surface area contributed by atoms with Gasteiger partial charge in [-0.05, 0) is 43.2 Å². The molecular formula is C29H33Cl2N3O4S. The molecule has 7 nitrogen and oxygen atoms in total. The minimum Gasteiger partial charge on any atom is -0.352 e. The van der Waals surface area contributed by atoms with Gasteiger partial charge in [0.15, 0.2) is 0 Å². The summed E-state index contributed by atoms with van der Waals surface area (Å²) in [6.07, 6.45) is 1.95. The highest BCUT2D eigenvalue weighted by molar-refractivity contribution is 7.92. The highest BCUT2D eigenvalue weighted by Crippen LogP contribution is 2.28. The summed E-state index contributed by atoms with van der Waals surface area (Å²) in [5.41, 5.74) is 1.65. The molecule has 0 saturated heterocycles. The molecule has 208 valence electrons. The summed E-state index contributed by atoms with van der Waals surface area (Å²) in [4.78, 5) is 29.1. The van der Waals surface area contributed by atoms with E-state index in [4.69, 9.17) is 23.2 Å². The van der Waals surface area contributed by atoms with Crippen molar-refractivity contribution in [2.24, 2.45) is 0 Å². The second-order valence-electron chi connectivity index (χ2n) is 9.35. The molecule has 3 aromatic carbocycles. The molecule has 0 bridgehead atoms. The number of rotatable bonds is 12. The predicted molar refractivity (Wildman–Crippen MR) is 157 cm³/mol. The zero-order valence-electron chi connectivity index (χ0n) is 22.2. The van der Waals surface area contributed by atoms with Crippen LogP contribution in [0.3, 0.4) is 0 Å². The van der Waals surface area contributed by atoms with Crippen molar-refractivity contribution in [3.05, 3.63) is 100 Å². The van der Waals surface area contributed by atoms with Crippen molar-refractivity contribution in [2.45, 2.75) is 45.3 Å². The summed E-state index contributed by atoms with van der Waals surface area (Å²) in [7, 11) is -3.83. The first-order valence-electron chi connectivity index (χ1n) is 12.6. The second-order valence-corrected chi connectivity index (χ2v) is 12.1. The molecule has 0 saturated carbocycles. The van der Waals surface area contributed by atoms with Crippen LogP contribution in [0.2, 0.25) is 10.0 Å². The van der Waals surface area contributed by atoms with E-state index in [0.717, 1.165) is 16.1 Å². The third kappa shape index (κ3) is 8.46. The average molecular weight is 591 g/mol. The SMILES string of the molecule is CC[C@@H](C)NC(=O)[C@H](Cc1ccccc1)N(Cc1c(Cl)cccc1Cl)C(=O)CN(c1ccccc1)S(C)(=O)=O. The van der Waals surface area contributed by atoms with Gasteiger partial charge in [0.05, 0.1) is 11.9 Å². The fourth-order valence-corrected chi connectivity index (χ4v) is 5.42. The van der Waals surface area contributed by atoms with Crippen LogP contribution in [0.5, 0.6) is 0 Å². The van der Waals surface area contributed by atoms with Crippen LogP contribution in [-0.4, -0.2) is 50.0 Å². The Morgan fingerprint density at radius 1 is 0.897 bits per heavy atom. The van der Waals surface area contributed by atoms with Gasteiger partial charge in [0.1, 0.15) is 12.6 Å². The molecule has 3 rings (SSSR count). The number of benzene rings is 3. The zero-order valence-corrected chi connectivity index (χ0v) is 24.5. The molecule has 1 N–H and O–H groups in total. The number of nitrogens with one attached hydrogen (secondary N) is 1. The Morgan fingerprint density at radius 2 is 1.46 bits per heavy atom. The van der Waals surface area contributed by atoms with Crippen molar-refractivity contribution in [1.82, 2.24) is 10.2 Å². The van der Waals surface area contributed by atoms with E-state index in [9.17, 15) is 18.0 Å². The largest absolute Gasteiger partial charge is 0.352 e. The number of halogens is 2. The summed E-state index contributed by atoms with van der Waals surface area (Å²) in [5.74, 6) is -0.921. The molecule has 0 unspecified atom stereocenters. The van der Waals surface area contributed by atoms with E-state index in [-0.39, 0.29) is 24.9 Å². The van der Waals surface area contributed by atoms with Gasteiger partial charge in [0.25, 0.3) is 0 Å². The van der Waals surface area contributed by atoms with Crippen molar-refractivity contribution in [3.63, 3.8) is 0 Å². The van der Waals surface area contributed by atoms with Gasteiger partial charge in [-0.3, -0.25) is 13.9 Å². The molecule has 10 heteroatoms.